The van der Waals surface area contributed by atoms with Crippen LogP contribution < -0.4 is 15.5 Å². The van der Waals surface area contributed by atoms with E-state index in [2.05, 4.69) is 79.3 Å². The van der Waals surface area contributed by atoms with E-state index < -0.39 is 30.1 Å². The van der Waals surface area contributed by atoms with Gasteiger partial charge in [0, 0.05) is 37.1 Å². The van der Waals surface area contributed by atoms with E-state index in [1.807, 2.05) is 13.0 Å². The molecule has 3 atom stereocenters. The summed E-state index contributed by atoms with van der Waals surface area (Å²) >= 11 is 0. The lowest BCUT2D eigenvalue weighted by Gasteiger charge is -2.44. The van der Waals surface area contributed by atoms with Crippen LogP contribution in [0.1, 0.15) is 71.3 Å². The molecule has 7 rings (SSSR count). The van der Waals surface area contributed by atoms with Gasteiger partial charge < -0.3 is 28.5 Å². The van der Waals surface area contributed by atoms with Crippen molar-refractivity contribution in [3.8, 4) is 16.9 Å². The van der Waals surface area contributed by atoms with Gasteiger partial charge in [0.15, 0.2) is 11.9 Å². The van der Waals surface area contributed by atoms with Crippen LogP contribution in [0.25, 0.3) is 32.9 Å². The molecule has 2 fully saturated rings. The number of carbonyl (C=O) groups excluding carboxylic acids is 2. The highest BCUT2D eigenvalue weighted by Crippen LogP contribution is 2.44. The fraction of sp³-hybridized carbons (Fsp3) is 0.486. The van der Waals surface area contributed by atoms with Gasteiger partial charge in [-0.2, -0.15) is 0 Å². The zero-order chi connectivity index (χ0) is 34.7. The molecule has 3 unspecified atom stereocenters. The highest BCUT2D eigenvalue weighted by Gasteiger charge is 2.52. The molecule has 3 aliphatic rings. The lowest BCUT2D eigenvalue weighted by Crippen LogP contribution is -2.65. The zero-order valence-electron chi connectivity index (χ0n) is 29.3. The number of hydrogen-bond donors (Lipinski definition) is 2. The molecule has 12 heteroatoms. The van der Waals surface area contributed by atoms with E-state index in [0.29, 0.717) is 26.2 Å². The minimum Gasteiger partial charge on any atom is -0.488 e. The van der Waals surface area contributed by atoms with Crippen LogP contribution in [0, 0.1) is 5.92 Å². The van der Waals surface area contributed by atoms with Gasteiger partial charge in [-0.25, -0.2) is 9.78 Å². The highest BCUT2D eigenvalue weighted by atomic mass is 16.7. The molecule has 258 valence electrons. The van der Waals surface area contributed by atoms with E-state index in [4.69, 9.17) is 28.5 Å². The molecule has 2 N–H and O–H groups in total. The number of alkyl carbamates (subject to hydrolysis) is 1. The Morgan fingerprint density at radius 3 is 2.63 bits per heavy atom. The quantitative estimate of drug-likeness (QED) is 0.172. The van der Waals surface area contributed by atoms with E-state index in [0.717, 1.165) is 74.7 Å². The molecule has 2 saturated heterocycles. The summed E-state index contributed by atoms with van der Waals surface area (Å²) in [6, 6.07) is 14.5. The lowest BCUT2D eigenvalue weighted by molar-refractivity contribution is -0.126. The van der Waals surface area contributed by atoms with Gasteiger partial charge in [-0.1, -0.05) is 31.2 Å². The van der Waals surface area contributed by atoms with Gasteiger partial charge in [-0.05, 0) is 87.1 Å². The van der Waals surface area contributed by atoms with Crippen molar-refractivity contribution in [2.45, 2.75) is 83.4 Å². The van der Waals surface area contributed by atoms with Gasteiger partial charge in [-0.15, -0.1) is 0 Å². The Labute approximate surface area is 287 Å². The Morgan fingerprint density at radius 2 is 1.92 bits per heavy atom. The molecule has 0 aliphatic carbocycles. The smallest absolute Gasteiger partial charge is 0.488 e. The highest BCUT2D eigenvalue weighted by molar-refractivity contribution is 6.62. The first kappa shape index (κ1) is 33.5. The van der Waals surface area contributed by atoms with E-state index in [1.165, 1.54) is 7.11 Å². The molecule has 3 aliphatic heterocycles. The molecule has 11 nitrogen and oxygen atoms in total. The van der Waals surface area contributed by atoms with Crippen LogP contribution in [0.2, 0.25) is 0 Å². The Balaban J connectivity index is 1.22. The van der Waals surface area contributed by atoms with Gasteiger partial charge in [0.05, 0.1) is 35.4 Å². The van der Waals surface area contributed by atoms with E-state index in [1.54, 1.807) is 7.11 Å². The fourth-order valence-electron chi connectivity index (χ4n) is 7.52. The van der Waals surface area contributed by atoms with Crippen molar-refractivity contribution in [1.29, 1.82) is 0 Å². The molecule has 1 amide bonds. The van der Waals surface area contributed by atoms with Crippen molar-refractivity contribution < 1.29 is 33.1 Å². The molecular weight excluding hydrogens is 623 g/mol. The van der Waals surface area contributed by atoms with Gasteiger partial charge in [-0.3, -0.25) is 15.0 Å². The third-order valence-electron chi connectivity index (χ3n) is 11.1. The number of aromatic nitrogens is 2. The number of fused-ring (bicyclic) bond motifs is 6. The Bertz CT molecular complexity index is 1910. The van der Waals surface area contributed by atoms with E-state index in [-0.39, 0.29) is 12.0 Å². The number of amides is 1. The fourth-order valence-corrected chi connectivity index (χ4v) is 7.52. The number of methoxy groups -OCH3 is 2. The molecule has 49 heavy (non-hydrogen) atoms. The Kier molecular flexibility index (Phi) is 8.50. The van der Waals surface area contributed by atoms with Crippen molar-refractivity contribution >= 4 is 46.8 Å². The van der Waals surface area contributed by atoms with Gasteiger partial charge in [0.1, 0.15) is 18.2 Å². The summed E-state index contributed by atoms with van der Waals surface area (Å²) in [4.78, 5) is 36.3. The predicted molar refractivity (Wildman–Crippen MR) is 188 cm³/mol. The first-order valence-electron chi connectivity index (χ1n) is 17.1. The number of benzene rings is 3. The van der Waals surface area contributed by atoms with Gasteiger partial charge in [0.25, 0.3) is 0 Å². The number of rotatable bonds is 9. The third-order valence-corrected chi connectivity index (χ3v) is 11.1. The summed E-state index contributed by atoms with van der Waals surface area (Å²) in [5.74, 6) is 1.29. The maximum Gasteiger partial charge on any atom is 0.494 e. The second-order valence-electron chi connectivity index (χ2n) is 14.5. The molecule has 4 heterocycles. The van der Waals surface area contributed by atoms with Crippen LogP contribution in [-0.4, -0.2) is 78.6 Å². The Hall–Kier alpha value is -3.97. The van der Waals surface area contributed by atoms with Gasteiger partial charge >= 0.3 is 13.2 Å². The van der Waals surface area contributed by atoms with Crippen LogP contribution in [0.15, 0.2) is 42.5 Å². The number of imidazole rings is 1. The topological polar surface area (TPSA) is 124 Å². The number of H-pyrrole nitrogens is 1. The molecule has 4 aromatic rings. The maximum atomic E-state index is 12.9. The summed E-state index contributed by atoms with van der Waals surface area (Å²) < 4.78 is 29.3. The largest absolute Gasteiger partial charge is 0.494 e. The van der Waals surface area contributed by atoms with Crippen LogP contribution in [-0.2, 0) is 30.2 Å². The Morgan fingerprint density at radius 1 is 1.14 bits per heavy atom. The lowest BCUT2D eigenvalue weighted by atomic mass is 9.77. The molecule has 0 saturated carbocycles. The summed E-state index contributed by atoms with van der Waals surface area (Å²) in [6.45, 7) is 11.7. The van der Waals surface area contributed by atoms with Crippen LogP contribution in [0.4, 0.5) is 4.79 Å². The number of likely N-dealkylation sites (tertiary alicyclic amines) is 1. The maximum absolute atomic E-state index is 12.9. The van der Waals surface area contributed by atoms with Crippen molar-refractivity contribution in [3.05, 3.63) is 53.9 Å². The third kappa shape index (κ3) is 5.58. The number of nitrogens with one attached hydrogen (secondary N) is 2. The van der Waals surface area contributed by atoms with E-state index in [9.17, 15) is 9.59 Å². The number of aldehydes is 1. The first-order chi connectivity index (χ1) is 23.4. The predicted octanol–water partition coefficient (Wildman–Crippen LogP) is 5.64. The SMILES string of the molecule is COCCC(C)C(C=O)(NC(=O)OC)N1CCCC1c1nc2c(ccc3cc4c(cc32)OCc2cc(B3OC(C)(C)C(C)(C)O3)ccc2-4)[nH]1. The molecule has 0 bridgehead atoms. The standard InChI is InChI=1S/C37H45BN4O7/c1-22(14-16-45-6)37(21-43,41-34(44)46-7)42-15-8-9-30(42)33-39-29-13-10-23-18-28-26-12-11-25(38-48-35(2,3)36(4,5)49-38)17-24(26)20-47-31(28)19-27(23)32(29)40-33/h10-13,17-19,21-22,30H,8-9,14-16,20H2,1-7H3,(H,39,40)(H,41,44). The molecule has 0 spiro atoms. The van der Waals surface area contributed by atoms with Crippen molar-refractivity contribution in [2.24, 2.45) is 5.92 Å². The average Bonchev–Trinajstić information content (AvgIpc) is 3.80. The van der Waals surface area contributed by atoms with E-state index >= 15 is 0 Å². The van der Waals surface area contributed by atoms with Crippen molar-refractivity contribution in [3.63, 3.8) is 0 Å². The average molecular weight is 669 g/mol. The molecular formula is C37H45BN4O7. The second-order valence-corrected chi connectivity index (χ2v) is 14.5. The molecule has 0 radical (unpaired) electrons. The van der Waals surface area contributed by atoms with Crippen LogP contribution in [0.5, 0.6) is 5.75 Å². The number of nitrogens with zero attached hydrogens (tertiary/aromatic N) is 2. The summed E-state index contributed by atoms with van der Waals surface area (Å²) in [6.07, 6.45) is 2.36. The van der Waals surface area contributed by atoms with Crippen molar-refractivity contribution in [2.75, 3.05) is 27.4 Å². The number of carbonyl (C=O) groups is 2. The molecule has 3 aromatic carbocycles. The number of hydrogen-bond acceptors (Lipinski definition) is 9. The normalized spacial score (nSPS) is 21.5. The molecule has 1 aromatic heterocycles. The minimum absolute atomic E-state index is 0.228. The summed E-state index contributed by atoms with van der Waals surface area (Å²) in [5.41, 5.74) is 3.82. The van der Waals surface area contributed by atoms with Crippen molar-refractivity contribution in [1.82, 2.24) is 20.2 Å². The number of aromatic amines is 1. The first-order valence-corrected chi connectivity index (χ1v) is 17.1. The summed E-state index contributed by atoms with van der Waals surface area (Å²) in [5, 5.41) is 4.90. The summed E-state index contributed by atoms with van der Waals surface area (Å²) in [7, 11) is 2.49. The van der Waals surface area contributed by atoms with Gasteiger partial charge in [0.2, 0.25) is 0 Å². The van der Waals surface area contributed by atoms with Crippen LogP contribution >= 0.6 is 0 Å². The minimum atomic E-state index is -1.30. The number of ether oxygens (including phenoxy) is 3. The van der Waals surface area contributed by atoms with Crippen LogP contribution in [0.3, 0.4) is 0 Å². The zero-order valence-corrected chi connectivity index (χ0v) is 29.3. The monoisotopic (exact) mass is 668 g/mol. The second kappa shape index (κ2) is 12.4.